The molecule has 204 valence electrons. The first-order valence-electron chi connectivity index (χ1n) is 12.2. The van der Waals surface area contributed by atoms with E-state index < -0.39 is 18.0 Å². The molecule has 0 aliphatic carbocycles. The monoisotopic (exact) mass is 532 g/mol. The number of benzene rings is 3. The van der Waals surface area contributed by atoms with Gasteiger partial charge in [0, 0.05) is 18.3 Å². The van der Waals surface area contributed by atoms with E-state index in [4.69, 9.17) is 9.47 Å². The molecule has 0 aliphatic heterocycles. The number of carbonyl (C=O) groups excluding carboxylic acids is 4. The number of carbonyl (C=O) groups is 4. The van der Waals surface area contributed by atoms with Crippen molar-refractivity contribution in [2.24, 2.45) is 0 Å². The number of amides is 4. The predicted molar refractivity (Wildman–Crippen MR) is 149 cm³/mol. The molecule has 0 spiro atoms. The molecule has 1 atom stereocenters. The first kappa shape index (κ1) is 28.7. The Morgan fingerprint density at radius 2 is 1.54 bits per heavy atom. The summed E-state index contributed by atoms with van der Waals surface area (Å²) in [5.41, 5.74) is 4.04. The van der Waals surface area contributed by atoms with E-state index in [1.807, 2.05) is 31.2 Å². The van der Waals surface area contributed by atoms with E-state index in [0.717, 1.165) is 5.56 Å². The van der Waals surface area contributed by atoms with Crippen LogP contribution < -0.4 is 26.0 Å². The molecular weight excluding hydrogens is 500 g/mol. The molecule has 3 rings (SSSR count). The van der Waals surface area contributed by atoms with E-state index in [0.29, 0.717) is 33.9 Å². The van der Waals surface area contributed by atoms with Gasteiger partial charge >= 0.3 is 12.0 Å². The number of methoxy groups -OCH3 is 2. The number of aryl methyl sites for hydroxylation is 1. The second-order valence-corrected chi connectivity index (χ2v) is 8.81. The predicted octanol–water partition coefficient (Wildman–Crippen LogP) is 4.57. The van der Waals surface area contributed by atoms with Crippen molar-refractivity contribution >= 4 is 40.9 Å². The summed E-state index contributed by atoms with van der Waals surface area (Å²) in [5, 5.41) is 11.1. The number of anilines is 3. The van der Waals surface area contributed by atoms with Crippen molar-refractivity contribution in [1.29, 1.82) is 0 Å². The lowest BCUT2D eigenvalue weighted by molar-refractivity contribution is -0.141. The van der Waals surface area contributed by atoms with Gasteiger partial charge in [0.15, 0.2) is 0 Å². The lowest BCUT2D eigenvalue weighted by atomic mass is 10.0. The van der Waals surface area contributed by atoms with Gasteiger partial charge in [0.1, 0.15) is 5.75 Å². The summed E-state index contributed by atoms with van der Waals surface area (Å²) in [6.07, 6.45) is 0.0622. The van der Waals surface area contributed by atoms with Crippen molar-refractivity contribution in [3.05, 3.63) is 83.4 Å². The normalized spacial score (nSPS) is 11.1. The highest BCUT2D eigenvalue weighted by molar-refractivity contribution is 6.01. The standard InChI is InChI=1S/C29H32N4O6/c1-18-7-5-6-8-23(18)32-29(37)33-24-14-9-20(15-26(24)38-3)16-27(35)31-22-12-10-21(11-13-22)25(30-19(2)34)17-28(36)39-4/h5-15,25H,16-17H2,1-4H3,(H,30,34)(H,31,35)(H2,32,33,37)/t25-/m1/s1. The number of hydrogen-bond donors (Lipinski definition) is 4. The molecular formula is C29H32N4O6. The molecule has 10 heteroatoms. The number of esters is 1. The molecule has 0 radical (unpaired) electrons. The van der Waals surface area contributed by atoms with Crippen molar-refractivity contribution in [1.82, 2.24) is 5.32 Å². The van der Waals surface area contributed by atoms with E-state index in [-0.39, 0.29) is 24.7 Å². The van der Waals surface area contributed by atoms with Crippen LogP contribution in [0.4, 0.5) is 21.9 Å². The molecule has 10 nitrogen and oxygen atoms in total. The van der Waals surface area contributed by atoms with Crippen LogP contribution in [0.2, 0.25) is 0 Å². The van der Waals surface area contributed by atoms with E-state index in [2.05, 4.69) is 21.3 Å². The summed E-state index contributed by atoms with van der Waals surface area (Å²) in [5.74, 6) is -0.561. The SMILES string of the molecule is COC(=O)C[C@@H](NC(C)=O)c1ccc(NC(=O)Cc2ccc(NC(=O)Nc3ccccc3C)c(OC)c2)cc1. The molecule has 0 unspecified atom stereocenters. The van der Waals surface area contributed by atoms with Gasteiger partial charge in [0.05, 0.1) is 38.8 Å². The fourth-order valence-electron chi connectivity index (χ4n) is 3.87. The minimum Gasteiger partial charge on any atom is -0.495 e. The smallest absolute Gasteiger partial charge is 0.323 e. The summed E-state index contributed by atoms with van der Waals surface area (Å²) in [4.78, 5) is 48.4. The Bertz CT molecular complexity index is 1340. The largest absolute Gasteiger partial charge is 0.495 e. The maximum Gasteiger partial charge on any atom is 0.323 e. The molecule has 39 heavy (non-hydrogen) atoms. The van der Waals surface area contributed by atoms with Crippen LogP contribution in [0.5, 0.6) is 5.75 Å². The summed E-state index contributed by atoms with van der Waals surface area (Å²) in [6, 6.07) is 18.4. The average Bonchev–Trinajstić information content (AvgIpc) is 2.90. The van der Waals surface area contributed by atoms with Gasteiger partial charge in [-0.3, -0.25) is 14.4 Å². The van der Waals surface area contributed by atoms with Crippen LogP contribution in [0.15, 0.2) is 66.7 Å². The quantitative estimate of drug-likeness (QED) is 0.283. The number of urea groups is 1. The molecule has 0 aromatic heterocycles. The van der Waals surface area contributed by atoms with Gasteiger partial charge in [0.2, 0.25) is 11.8 Å². The molecule has 0 saturated carbocycles. The fraction of sp³-hybridized carbons (Fsp3) is 0.241. The molecule has 0 aliphatic rings. The third kappa shape index (κ3) is 8.60. The second-order valence-electron chi connectivity index (χ2n) is 8.81. The number of nitrogens with one attached hydrogen (secondary N) is 4. The summed E-state index contributed by atoms with van der Waals surface area (Å²) >= 11 is 0. The van der Waals surface area contributed by atoms with E-state index >= 15 is 0 Å². The summed E-state index contributed by atoms with van der Waals surface area (Å²) in [6.45, 7) is 3.27. The molecule has 3 aromatic rings. The number of para-hydroxylation sites is 1. The van der Waals surface area contributed by atoms with Crippen LogP contribution in [0, 0.1) is 6.92 Å². The Morgan fingerprint density at radius 1 is 0.846 bits per heavy atom. The van der Waals surface area contributed by atoms with Crippen LogP contribution in [0.3, 0.4) is 0 Å². The van der Waals surface area contributed by atoms with Gasteiger partial charge in [0.25, 0.3) is 0 Å². The van der Waals surface area contributed by atoms with Gasteiger partial charge in [-0.05, 0) is 53.9 Å². The van der Waals surface area contributed by atoms with E-state index in [1.165, 1.54) is 21.1 Å². The van der Waals surface area contributed by atoms with Gasteiger partial charge < -0.3 is 30.7 Å². The van der Waals surface area contributed by atoms with Gasteiger partial charge in [-0.2, -0.15) is 0 Å². The first-order chi connectivity index (χ1) is 18.7. The lowest BCUT2D eigenvalue weighted by Crippen LogP contribution is -2.28. The molecule has 0 saturated heterocycles. The molecule has 4 amide bonds. The maximum atomic E-state index is 12.7. The average molecular weight is 533 g/mol. The molecule has 4 N–H and O–H groups in total. The summed E-state index contributed by atoms with van der Waals surface area (Å²) < 4.78 is 10.1. The number of rotatable bonds is 10. The lowest BCUT2D eigenvalue weighted by Gasteiger charge is -2.17. The van der Waals surface area contributed by atoms with Crippen LogP contribution in [0.1, 0.15) is 36.1 Å². The Balaban J connectivity index is 1.61. The third-order valence-corrected chi connectivity index (χ3v) is 5.84. The number of hydrogen-bond acceptors (Lipinski definition) is 6. The van der Waals surface area contributed by atoms with Gasteiger partial charge in [-0.25, -0.2) is 4.79 Å². The highest BCUT2D eigenvalue weighted by Crippen LogP contribution is 2.27. The van der Waals surface area contributed by atoms with Crippen molar-refractivity contribution in [2.75, 3.05) is 30.2 Å². The minimum atomic E-state index is -0.543. The Morgan fingerprint density at radius 3 is 2.18 bits per heavy atom. The summed E-state index contributed by atoms with van der Waals surface area (Å²) in [7, 11) is 2.77. The molecule has 3 aromatic carbocycles. The highest BCUT2D eigenvalue weighted by atomic mass is 16.5. The van der Waals surface area contributed by atoms with Crippen LogP contribution >= 0.6 is 0 Å². The van der Waals surface area contributed by atoms with Crippen LogP contribution in [-0.2, 0) is 25.5 Å². The van der Waals surface area contributed by atoms with Crippen molar-refractivity contribution in [2.45, 2.75) is 32.7 Å². The zero-order valence-corrected chi connectivity index (χ0v) is 22.3. The van der Waals surface area contributed by atoms with Gasteiger partial charge in [-0.1, -0.05) is 36.4 Å². The molecule has 0 fully saturated rings. The van der Waals surface area contributed by atoms with Crippen molar-refractivity contribution < 1.29 is 28.7 Å². The minimum absolute atomic E-state index is 0.0119. The fourth-order valence-corrected chi connectivity index (χ4v) is 3.87. The van der Waals surface area contributed by atoms with E-state index in [1.54, 1.807) is 42.5 Å². The highest BCUT2D eigenvalue weighted by Gasteiger charge is 2.18. The molecule has 0 bridgehead atoms. The van der Waals surface area contributed by atoms with Crippen molar-refractivity contribution in [3.63, 3.8) is 0 Å². The third-order valence-electron chi connectivity index (χ3n) is 5.84. The van der Waals surface area contributed by atoms with Gasteiger partial charge in [-0.15, -0.1) is 0 Å². The zero-order valence-electron chi connectivity index (χ0n) is 22.3. The topological polar surface area (TPSA) is 135 Å². The maximum absolute atomic E-state index is 12.7. The van der Waals surface area contributed by atoms with E-state index in [9.17, 15) is 19.2 Å². The second kappa shape index (κ2) is 13.6. The zero-order chi connectivity index (χ0) is 28.4. The van der Waals surface area contributed by atoms with Crippen molar-refractivity contribution in [3.8, 4) is 5.75 Å². The van der Waals surface area contributed by atoms with Crippen LogP contribution in [0.25, 0.3) is 0 Å². The Labute approximate surface area is 227 Å². The first-order valence-corrected chi connectivity index (χ1v) is 12.2. The Hall–Kier alpha value is -4.86. The number of ether oxygens (including phenoxy) is 2. The Kier molecular flexibility index (Phi) is 10.0. The molecule has 0 heterocycles. The van der Waals surface area contributed by atoms with Crippen LogP contribution in [-0.4, -0.2) is 38.0 Å².